The summed E-state index contributed by atoms with van der Waals surface area (Å²) in [5, 5.41) is 0. The van der Waals surface area contributed by atoms with Crippen molar-refractivity contribution in [2.75, 3.05) is 13.1 Å². The van der Waals surface area contributed by atoms with Crippen molar-refractivity contribution in [2.24, 2.45) is 11.5 Å². The lowest BCUT2D eigenvalue weighted by molar-refractivity contribution is 0.262. The molecule has 1 heterocycles. The highest BCUT2D eigenvalue weighted by Gasteiger charge is 2.27. The van der Waals surface area contributed by atoms with Gasteiger partial charge < -0.3 is 11.5 Å². The van der Waals surface area contributed by atoms with Gasteiger partial charge in [0.05, 0.1) is 6.17 Å². The summed E-state index contributed by atoms with van der Waals surface area (Å²) < 4.78 is 0. The minimum absolute atomic E-state index is 0.150. The second-order valence-corrected chi connectivity index (χ2v) is 3.88. The van der Waals surface area contributed by atoms with Crippen LogP contribution in [-0.4, -0.2) is 35.9 Å². The normalized spacial score (nSPS) is 38.4. The van der Waals surface area contributed by atoms with Crippen molar-refractivity contribution >= 4 is 9.24 Å². The molecule has 0 spiro atoms. The lowest BCUT2D eigenvalue weighted by Crippen LogP contribution is -2.39. The van der Waals surface area contributed by atoms with E-state index in [4.69, 9.17) is 11.5 Å². The van der Waals surface area contributed by atoms with Gasteiger partial charge in [0.25, 0.3) is 0 Å². The molecule has 0 aliphatic carbocycles. The Kier molecular flexibility index (Phi) is 2.64. The summed E-state index contributed by atoms with van der Waals surface area (Å²) in [5.41, 5.74) is 12.0. The first-order valence-corrected chi connectivity index (χ1v) is 4.28. The van der Waals surface area contributed by atoms with Crippen LogP contribution in [0.25, 0.3) is 0 Å². The van der Waals surface area contributed by atoms with Crippen LogP contribution in [0.2, 0.25) is 0 Å². The Hall–Kier alpha value is 0.310. The highest BCUT2D eigenvalue weighted by Crippen LogP contribution is 2.16. The molecule has 4 heteroatoms. The minimum atomic E-state index is 0.150. The predicted molar refractivity (Wildman–Crippen MR) is 46.7 cm³/mol. The maximum absolute atomic E-state index is 5.79. The summed E-state index contributed by atoms with van der Waals surface area (Å²) in [5.74, 6) is 0. The molecule has 1 aliphatic rings. The summed E-state index contributed by atoms with van der Waals surface area (Å²) in [6.45, 7) is 3.95. The standard InChI is InChI=1S/C6H16N3P/c1-4(7)9-2-5(8)6(10)3-9/h4-6H,2-3,7-8,10H2,1H3. The SMILES string of the molecule is CC(N)N1CC(N)C(P)C1. The number of rotatable bonds is 1. The Bertz CT molecular complexity index is 108. The van der Waals surface area contributed by atoms with E-state index < -0.39 is 0 Å². The average Bonchev–Trinajstić information content (AvgIpc) is 2.13. The molecule has 60 valence electrons. The molecular weight excluding hydrogens is 145 g/mol. The zero-order valence-electron chi connectivity index (χ0n) is 6.33. The third kappa shape index (κ3) is 1.67. The maximum atomic E-state index is 5.79. The van der Waals surface area contributed by atoms with Gasteiger partial charge in [-0.3, -0.25) is 4.90 Å². The van der Waals surface area contributed by atoms with Crippen LogP contribution in [0.3, 0.4) is 0 Å². The molecule has 0 radical (unpaired) electrons. The van der Waals surface area contributed by atoms with Crippen LogP contribution in [0.15, 0.2) is 0 Å². The van der Waals surface area contributed by atoms with E-state index in [1.165, 1.54) is 0 Å². The molecule has 0 bridgehead atoms. The average molecular weight is 161 g/mol. The van der Waals surface area contributed by atoms with Gasteiger partial charge in [-0.25, -0.2) is 0 Å². The largest absolute Gasteiger partial charge is 0.326 e. The Morgan fingerprint density at radius 3 is 2.40 bits per heavy atom. The van der Waals surface area contributed by atoms with Gasteiger partial charge in [0.1, 0.15) is 0 Å². The van der Waals surface area contributed by atoms with Gasteiger partial charge in [-0.15, -0.1) is 9.24 Å². The van der Waals surface area contributed by atoms with Crippen molar-refractivity contribution in [1.29, 1.82) is 0 Å². The van der Waals surface area contributed by atoms with Crippen LogP contribution in [0.5, 0.6) is 0 Å². The number of hydrogen-bond donors (Lipinski definition) is 2. The third-order valence-electron chi connectivity index (χ3n) is 2.02. The zero-order chi connectivity index (χ0) is 7.72. The topological polar surface area (TPSA) is 55.3 Å². The first-order valence-electron chi connectivity index (χ1n) is 3.62. The van der Waals surface area contributed by atoms with Crippen molar-refractivity contribution < 1.29 is 0 Å². The first-order chi connectivity index (χ1) is 4.61. The molecule has 0 amide bonds. The van der Waals surface area contributed by atoms with E-state index >= 15 is 0 Å². The molecule has 1 fully saturated rings. The van der Waals surface area contributed by atoms with Crippen molar-refractivity contribution in [3.63, 3.8) is 0 Å². The van der Waals surface area contributed by atoms with Gasteiger partial charge in [-0.2, -0.15) is 0 Å². The number of hydrogen-bond acceptors (Lipinski definition) is 3. The zero-order valence-corrected chi connectivity index (χ0v) is 7.48. The van der Waals surface area contributed by atoms with Crippen LogP contribution in [0.4, 0.5) is 0 Å². The van der Waals surface area contributed by atoms with Crippen molar-refractivity contribution in [1.82, 2.24) is 4.90 Å². The summed E-state index contributed by atoms with van der Waals surface area (Å²) in [6, 6.07) is 0.288. The quantitative estimate of drug-likeness (QED) is 0.494. The molecule has 4 N–H and O–H groups in total. The molecular formula is C6H16N3P. The second kappa shape index (κ2) is 3.14. The maximum Gasteiger partial charge on any atom is 0.0543 e. The van der Waals surface area contributed by atoms with E-state index in [0.29, 0.717) is 5.66 Å². The van der Waals surface area contributed by atoms with Crippen LogP contribution >= 0.6 is 9.24 Å². The highest BCUT2D eigenvalue weighted by molar-refractivity contribution is 7.17. The molecule has 0 aromatic rings. The minimum Gasteiger partial charge on any atom is -0.326 e. The summed E-state index contributed by atoms with van der Waals surface area (Å²) in [7, 11) is 2.76. The Morgan fingerprint density at radius 1 is 1.60 bits per heavy atom. The van der Waals surface area contributed by atoms with Crippen molar-refractivity contribution in [3.05, 3.63) is 0 Å². The summed E-state index contributed by atoms with van der Waals surface area (Å²) in [6.07, 6.45) is 0.150. The fraction of sp³-hybridized carbons (Fsp3) is 1.00. The van der Waals surface area contributed by atoms with Gasteiger partial charge in [0.15, 0.2) is 0 Å². The number of nitrogens with two attached hydrogens (primary N) is 2. The molecule has 1 rings (SSSR count). The second-order valence-electron chi connectivity index (χ2n) is 3.02. The van der Waals surface area contributed by atoms with Gasteiger partial charge in [-0.1, -0.05) is 0 Å². The van der Waals surface area contributed by atoms with Crippen LogP contribution in [0.1, 0.15) is 6.92 Å². The van der Waals surface area contributed by atoms with E-state index in [2.05, 4.69) is 14.1 Å². The molecule has 1 saturated heterocycles. The molecule has 3 nitrogen and oxygen atoms in total. The van der Waals surface area contributed by atoms with Crippen LogP contribution in [0, 0.1) is 0 Å². The van der Waals surface area contributed by atoms with Crippen molar-refractivity contribution in [3.8, 4) is 0 Å². The number of nitrogens with zero attached hydrogens (tertiary/aromatic N) is 1. The van der Waals surface area contributed by atoms with Gasteiger partial charge in [0.2, 0.25) is 0 Å². The monoisotopic (exact) mass is 161 g/mol. The molecule has 0 aromatic heterocycles. The van der Waals surface area contributed by atoms with Crippen LogP contribution in [-0.2, 0) is 0 Å². The van der Waals surface area contributed by atoms with Crippen LogP contribution < -0.4 is 11.5 Å². The Labute approximate surface area is 64.3 Å². The van der Waals surface area contributed by atoms with Gasteiger partial charge in [0, 0.05) is 24.8 Å². The van der Waals surface area contributed by atoms with E-state index in [9.17, 15) is 0 Å². The first kappa shape index (κ1) is 8.41. The molecule has 0 saturated carbocycles. The third-order valence-corrected chi connectivity index (χ3v) is 2.72. The Morgan fingerprint density at radius 2 is 2.20 bits per heavy atom. The fourth-order valence-electron chi connectivity index (χ4n) is 1.22. The molecule has 10 heavy (non-hydrogen) atoms. The van der Waals surface area contributed by atoms with E-state index in [1.54, 1.807) is 0 Å². The molecule has 4 atom stereocenters. The Balaban J connectivity index is 2.41. The van der Waals surface area contributed by atoms with Gasteiger partial charge in [-0.05, 0) is 6.92 Å². The predicted octanol–water partition coefficient (Wildman–Crippen LogP) is -0.822. The van der Waals surface area contributed by atoms with E-state index in [-0.39, 0.29) is 12.2 Å². The lowest BCUT2D eigenvalue weighted by Gasteiger charge is -2.19. The van der Waals surface area contributed by atoms with Gasteiger partial charge >= 0.3 is 0 Å². The smallest absolute Gasteiger partial charge is 0.0543 e. The number of likely N-dealkylation sites (tertiary alicyclic amines) is 1. The lowest BCUT2D eigenvalue weighted by atomic mass is 10.3. The summed E-state index contributed by atoms with van der Waals surface area (Å²) >= 11 is 0. The molecule has 4 unspecified atom stereocenters. The van der Waals surface area contributed by atoms with E-state index in [1.807, 2.05) is 6.92 Å². The van der Waals surface area contributed by atoms with Crippen molar-refractivity contribution in [2.45, 2.75) is 24.8 Å². The highest BCUT2D eigenvalue weighted by atomic mass is 31.0. The summed E-state index contributed by atoms with van der Waals surface area (Å²) in [4.78, 5) is 2.20. The molecule has 1 aliphatic heterocycles. The van der Waals surface area contributed by atoms with E-state index in [0.717, 1.165) is 13.1 Å². The molecule has 0 aromatic carbocycles. The fourth-order valence-corrected chi connectivity index (χ4v) is 1.61.